The van der Waals surface area contributed by atoms with Crippen molar-refractivity contribution in [1.29, 1.82) is 0 Å². The summed E-state index contributed by atoms with van der Waals surface area (Å²) in [5, 5.41) is 3.47. The summed E-state index contributed by atoms with van der Waals surface area (Å²) in [6.45, 7) is 4.32. The fourth-order valence-corrected chi connectivity index (χ4v) is 3.22. The van der Waals surface area contributed by atoms with E-state index in [2.05, 4.69) is 41.3 Å². The van der Waals surface area contributed by atoms with Crippen molar-refractivity contribution in [2.45, 2.75) is 26.3 Å². The van der Waals surface area contributed by atoms with E-state index in [0.29, 0.717) is 0 Å². The molecule has 0 aliphatic rings. The van der Waals surface area contributed by atoms with Gasteiger partial charge in [0.1, 0.15) is 0 Å². The zero-order valence-electron chi connectivity index (χ0n) is 11.5. The summed E-state index contributed by atoms with van der Waals surface area (Å²) in [7, 11) is 0. The molecule has 2 aromatic heterocycles. The van der Waals surface area contributed by atoms with Crippen LogP contribution in [0, 0.1) is 0 Å². The van der Waals surface area contributed by atoms with Gasteiger partial charge in [-0.05, 0) is 43.7 Å². The van der Waals surface area contributed by atoms with Crippen LogP contribution in [0.15, 0.2) is 35.1 Å². The number of thiophene rings is 1. The molecule has 0 aliphatic carbocycles. The number of hydrogen-bond acceptors (Lipinski definition) is 3. The van der Waals surface area contributed by atoms with Crippen LogP contribution in [-0.4, -0.2) is 9.97 Å². The number of hydrogen-bond donors (Lipinski definition) is 3. The third-order valence-electron chi connectivity index (χ3n) is 3.36. The highest BCUT2D eigenvalue weighted by atomic mass is 32.1. The molecule has 0 radical (unpaired) electrons. The number of nitrogens with one attached hydrogen (secondary N) is 3. The largest absolute Gasteiger partial charge is 0.378 e. The zero-order chi connectivity index (χ0) is 14.1. The van der Waals surface area contributed by atoms with Crippen molar-refractivity contribution in [1.82, 2.24) is 9.97 Å². The van der Waals surface area contributed by atoms with Crippen LogP contribution in [0.5, 0.6) is 0 Å². The van der Waals surface area contributed by atoms with Gasteiger partial charge in [-0.15, -0.1) is 11.3 Å². The quantitative estimate of drug-likeness (QED) is 0.686. The lowest BCUT2D eigenvalue weighted by atomic mass is 10.2. The van der Waals surface area contributed by atoms with Gasteiger partial charge in [-0.25, -0.2) is 4.79 Å². The van der Waals surface area contributed by atoms with Gasteiger partial charge in [0, 0.05) is 15.4 Å². The number of aryl methyl sites for hydroxylation is 1. The van der Waals surface area contributed by atoms with Crippen molar-refractivity contribution < 1.29 is 0 Å². The first-order valence-electron chi connectivity index (χ1n) is 6.73. The molecule has 1 aromatic carbocycles. The summed E-state index contributed by atoms with van der Waals surface area (Å²) in [5.41, 5.74) is 2.49. The maximum Gasteiger partial charge on any atom is 0.323 e. The highest BCUT2D eigenvalue weighted by Gasteiger charge is 2.09. The molecule has 4 nitrogen and oxygen atoms in total. The molecule has 0 saturated heterocycles. The van der Waals surface area contributed by atoms with Crippen molar-refractivity contribution in [2.75, 3.05) is 5.32 Å². The first kappa shape index (κ1) is 13.0. The zero-order valence-corrected chi connectivity index (χ0v) is 12.3. The molecule has 0 saturated carbocycles. The normalized spacial score (nSPS) is 12.7. The minimum absolute atomic E-state index is 0.170. The molecular formula is C15H17N3OS. The Morgan fingerprint density at radius 1 is 1.20 bits per heavy atom. The fraction of sp³-hybridized carbons (Fsp3) is 0.267. The molecule has 0 fully saturated rings. The Morgan fingerprint density at radius 3 is 2.75 bits per heavy atom. The van der Waals surface area contributed by atoms with Crippen LogP contribution in [-0.2, 0) is 6.42 Å². The minimum Gasteiger partial charge on any atom is -0.378 e. The molecule has 0 aliphatic heterocycles. The van der Waals surface area contributed by atoms with Crippen LogP contribution in [0.1, 0.15) is 29.6 Å². The van der Waals surface area contributed by atoms with Crippen LogP contribution in [0.3, 0.4) is 0 Å². The predicted molar refractivity (Wildman–Crippen MR) is 84.7 cm³/mol. The van der Waals surface area contributed by atoms with Crippen molar-refractivity contribution in [3.63, 3.8) is 0 Å². The monoisotopic (exact) mass is 287 g/mol. The number of H-pyrrole nitrogens is 2. The Balaban J connectivity index is 1.82. The number of anilines is 1. The Hall–Kier alpha value is -2.01. The van der Waals surface area contributed by atoms with Crippen molar-refractivity contribution >= 4 is 28.1 Å². The van der Waals surface area contributed by atoms with Gasteiger partial charge in [-0.3, -0.25) is 0 Å². The number of fused-ring (bicyclic) bond motifs is 1. The summed E-state index contributed by atoms with van der Waals surface area (Å²) in [5.74, 6) is 0. The highest BCUT2D eigenvalue weighted by molar-refractivity contribution is 7.12. The molecular weight excluding hydrogens is 270 g/mol. The summed E-state index contributed by atoms with van der Waals surface area (Å²) in [4.78, 5) is 19.5. The third kappa shape index (κ3) is 2.49. The van der Waals surface area contributed by atoms with Crippen LogP contribution < -0.4 is 11.0 Å². The fourth-order valence-electron chi connectivity index (χ4n) is 2.26. The summed E-state index contributed by atoms with van der Waals surface area (Å²) >= 11 is 1.84. The van der Waals surface area contributed by atoms with E-state index in [9.17, 15) is 4.79 Å². The van der Waals surface area contributed by atoms with Gasteiger partial charge < -0.3 is 15.3 Å². The molecule has 1 atom stereocenters. The number of aromatic nitrogens is 2. The van der Waals surface area contributed by atoms with E-state index in [0.717, 1.165) is 23.1 Å². The number of rotatable bonds is 4. The lowest BCUT2D eigenvalue weighted by molar-refractivity contribution is 0.908. The van der Waals surface area contributed by atoms with Crippen LogP contribution >= 0.6 is 11.3 Å². The van der Waals surface area contributed by atoms with E-state index in [4.69, 9.17) is 0 Å². The van der Waals surface area contributed by atoms with Gasteiger partial charge in [-0.2, -0.15) is 0 Å². The van der Waals surface area contributed by atoms with E-state index < -0.39 is 0 Å². The molecule has 1 unspecified atom stereocenters. The Morgan fingerprint density at radius 2 is 2.00 bits per heavy atom. The van der Waals surface area contributed by atoms with E-state index in [1.807, 2.05) is 29.5 Å². The SMILES string of the molecule is CCc1ccc(C(C)Nc2ccc3[nH]c(=O)[nH]c3c2)s1. The molecule has 3 aromatic rings. The van der Waals surface area contributed by atoms with E-state index >= 15 is 0 Å². The molecule has 104 valence electrons. The van der Waals surface area contributed by atoms with Gasteiger partial charge in [0.15, 0.2) is 0 Å². The van der Waals surface area contributed by atoms with Gasteiger partial charge in [0.25, 0.3) is 0 Å². The van der Waals surface area contributed by atoms with E-state index in [-0.39, 0.29) is 11.7 Å². The Kier molecular flexibility index (Phi) is 3.36. The molecule has 5 heteroatoms. The first-order valence-corrected chi connectivity index (χ1v) is 7.54. The number of imidazole rings is 1. The number of aromatic amines is 2. The topological polar surface area (TPSA) is 60.7 Å². The molecule has 3 N–H and O–H groups in total. The first-order chi connectivity index (χ1) is 9.65. The van der Waals surface area contributed by atoms with Crippen molar-refractivity contribution in [2.24, 2.45) is 0 Å². The van der Waals surface area contributed by atoms with Crippen LogP contribution in [0.25, 0.3) is 11.0 Å². The second kappa shape index (κ2) is 5.17. The molecule has 3 rings (SSSR count). The second-order valence-electron chi connectivity index (χ2n) is 4.86. The highest BCUT2D eigenvalue weighted by Crippen LogP contribution is 2.27. The summed E-state index contributed by atoms with van der Waals surface area (Å²) in [6, 6.07) is 10.5. The maximum atomic E-state index is 11.2. The average Bonchev–Trinajstić information content (AvgIpc) is 3.03. The molecule has 0 bridgehead atoms. The van der Waals surface area contributed by atoms with Crippen molar-refractivity contribution in [3.05, 3.63) is 50.6 Å². The lowest BCUT2D eigenvalue weighted by Gasteiger charge is -2.13. The average molecular weight is 287 g/mol. The summed E-state index contributed by atoms with van der Waals surface area (Å²) in [6.07, 6.45) is 1.08. The standard InChI is InChI=1S/C15H17N3OS/c1-3-11-5-7-14(20-11)9(2)16-10-4-6-12-13(8-10)18-15(19)17-12/h4-9,16H,3H2,1-2H3,(H2,17,18,19). The second-order valence-corrected chi connectivity index (χ2v) is 6.06. The van der Waals surface area contributed by atoms with Crippen LogP contribution in [0.4, 0.5) is 5.69 Å². The predicted octanol–water partition coefficient (Wildman–Crippen LogP) is 3.65. The van der Waals surface area contributed by atoms with Gasteiger partial charge in [-0.1, -0.05) is 6.92 Å². The van der Waals surface area contributed by atoms with Gasteiger partial charge in [0.2, 0.25) is 0 Å². The Labute approximate surface area is 120 Å². The third-order valence-corrected chi connectivity index (χ3v) is 4.77. The van der Waals surface area contributed by atoms with E-state index in [1.54, 1.807) is 0 Å². The van der Waals surface area contributed by atoms with Crippen LogP contribution in [0.2, 0.25) is 0 Å². The Bertz CT molecular complexity index is 784. The molecule has 20 heavy (non-hydrogen) atoms. The number of benzene rings is 1. The molecule has 0 amide bonds. The smallest absolute Gasteiger partial charge is 0.323 e. The van der Waals surface area contributed by atoms with Gasteiger partial charge in [0.05, 0.1) is 17.1 Å². The summed E-state index contributed by atoms with van der Waals surface area (Å²) < 4.78 is 0. The molecule has 2 heterocycles. The van der Waals surface area contributed by atoms with Crippen molar-refractivity contribution in [3.8, 4) is 0 Å². The lowest BCUT2D eigenvalue weighted by Crippen LogP contribution is -2.04. The molecule has 0 spiro atoms. The van der Waals surface area contributed by atoms with E-state index in [1.165, 1.54) is 9.75 Å². The maximum absolute atomic E-state index is 11.2. The van der Waals surface area contributed by atoms with Gasteiger partial charge >= 0.3 is 5.69 Å². The minimum atomic E-state index is -0.170.